The number of ether oxygens (including phenoxy) is 1. The predicted molar refractivity (Wildman–Crippen MR) is 107 cm³/mol. The number of hydrogen-bond acceptors (Lipinski definition) is 3. The van der Waals surface area contributed by atoms with Crippen LogP contribution >= 0.6 is 0 Å². The van der Waals surface area contributed by atoms with Crippen LogP contribution in [-0.4, -0.2) is 31.2 Å². The quantitative estimate of drug-likeness (QED) is 0.391. The number of aryl methyl sites for hydroxylation is 2. The van der Waals surface area contributed by atoms with Crippen molar-refractivity contribution in [1.29, 1.82) is 5.41 Å². The van der Waals surface area contributed by atoms with E-state index >= 15 is 0 Å². The molecule has 2 rings (SSSR count). The van der Waals surface area contributed by atoms with Gasteiger partial charge in [0.2, 0.25) is 0 Å². The molecule has 0 saturated carbocycles. The van der Waals surface area contributed by atoms with Gasteiger partial charge in [-0.3, -0.25) is 5.41 Å². The van der Waals surface area contributed by atoms with Crippen LogP contribution in [0.2, 0.25) is 0 Å². The summed E-state index contributed by atoms with van der Waals surface area (Å²) >= 11 is 0. The van der Waals surface area contributed by atoms with Gasteiger partial charge in [0.05, 0.1) is 23.9 Å². The maximum absolute atomic E-state index is 13.4. The number of halogens is 4. The first kappa shape index (κ1) is 23.9. The first-order chi connectivity index (χ1) is 13.5. The Labute approximate surface area is 167 Å². The SMILES string of the molecule is CCN(C)C=Nc1cc(C)c(Oc2ccc(F)c(C(F)(F)F)c2)cc1C.N=CN. The van der Waals surface area contributed by atoms with Crippen LogP contribution in [0, 0.1) is 25.1 Å². The normalized spacial score (nSPS) is 11.0. The van der Waals surface area contributed by atoms with E-state index in [4.69, 9.17) is 10.1 Å². The molecule has 0 saturated heterocycles. The summed E-state index contributed by atoms with van der Waals surface area (Å²) in [5.74, 6) is -1.02. The van der Waals surface area contributed by atoms with Crippen LogP contribution < -0.4 is 10.5 Å². The van der Waals surface area contributed by atoms with E-state index in [0.717, 1.165) is 30.2 Å². The fraction of sp³-hybridized carbons (Fsp3) is 0.300. The molecule has 0 bridgehead atoms. The van der Waals surface area contributed by atoms with Crippen molar-refractivity contribution in [2.45, 2.75) is 26.9 Å². The summed E-state index contributed by atoms with van der Waals surface area (Å²) in [4.78, 5) is 6.30. The minimum absolute atomic E-state index is 0.0804. The lowest BCUT2D eigenvalue weighted by atomic mass is 10.1. The summed E-state index contributed by atoms with van der Waals surface area (Å²) in [6, 6.07) is 6.07. The summed E-state index contributed by atoms with van der Waals surface area (Å²) in [6.07, 6.45) is -2.32. The lowest BCUT2D eigenvalue weighted by molar-refractivity contribution is -0.140. The fourth-order valence-electron chi connectivity index (χ4n) is 2.18. The molecule has 0 radical (unpaired) electrons. The Hall–Kier alpha value is -3.10. The molecule has 0 unspecified atom stereocenters. The molecule has 3 N–H and O–H groups in total. The van der Waals surface area contributed by atoms with E-state index in [1.807, 2.05) is 25.8 Å². The zero-order chi connectivity index (χ0) is 22.2. The summed E-state index contributed by atoms with van der Waals surface area (Å²) in [5, 5.41) is 5.86. The number of nitrogens with one attached hydrogen (secondary N) is 1. The highest BCUT2D eigenvalue weighted by molar-refractivity contribution is 5.64. The summed E-state index contributed by atoms with van der Waals surface area (Å²) in [5.41, 5.74) is 5.29. The number of alkyl halides is 3. The molecule has 0 amide bonds. The predicted octanol–water partition coefficient (Wildman–Crippen LogP) is 5.42. The van der Waals surface area contributed by atoms with Crippen molar-refractivity contribution < 1.29 is 22.3 Å². The van der Waals surface area contributed by atoms with Crippen LogP contribution in [0.15, 0.2) is 35.3 Å². The lowest BCUT2D eigenvalue weighted by Gasteiger charge is -2.14. The van der Waals surface area contributed by atoms with Gasteiger partial charge >= 0.3 is 6.18 Å². The third-order valence-electron chi connectivity index (χ3n) is 3.86. The number of rotatable bonds is 5. The van der Waals surface area contributed by atoms with Crippen LogP contribution in [-0.2, 0) is 6.18 Å². The Balaban J connectivity index is 0.00000132. The third-order valence-corrected chi connectivity index (χ3v) is 3.86. The lowest BCUT2D eigenvalue weighted by Crippen LogP contribution is -2.14. The van der Waals surface area contributed by atoms with Gasteiger partial charge in [0.25, 0.3) is 0 Å². The van der Waals surface area contributed by atoms with Crippen LogP contribution in [0.25, 0.3) is 0 Å². The molecule has 2 aromatic carbocycles. The average molecular weight is 412 g/mol. The second-order valence-corrected chi connectivity index (χ2v) is 6.13. The van der Waals surface area contributed by atoms with Crippen molar-refractivity contribution in [1.82, 2.24) is 4.90 Å². The smallest absolute Gasteiger partial charge is 0.419 e. The van der Waals surface area contributed by atoms with Gasteiger partial charge < -0.3 is 15.4 Å². The summed E-state index contributed by atoms with van der Waals surface area (Å²) < 4.78 is 57.4. The highest BCUT2D eigenvalue weighted by Crippen LogP contribution is 2.36. The highest BCUT2D eigenvalue weighted by Gasteiger charge is 2.34. The van der Waals surface area contributed by atoms with E-state index in [-0.39, 0.29) is 5.75 Å². The maximum Gasteiger partial charge on any atom is 0.419 e. The van der Waals surface area contributed by atoms with E-state index in [2.05, 4.69) is 10.7 Å². The Morgan fingerprint density at radius 3 is 2.34 bits per heavy atom. The Bertz CT molecular complexity index is 866. The topological polar surface area (TPSA) is 74.7 Å². The monoisotopic (exact) mass is 412 g/mol. The molecule has 5 nitrogen and oxygen atoms in total. The van der Waals surface area contributed by atoms with E-state index < -0.39 is 17.6 Å². The van der Waals surface area contributed by atoms with Gasteiger partial charge in [-0.25, -0.2) is 9.38 Å². The van der Waals surface area contributed by atoms with Crippen LogP contribution in [0.5, 0.6) is 11.5 Å². The van der Waals surface area contributed by atoms with Crippen LogP contribution in [0.4, 0.5) is 23.2 Å². The molecule has 0 heterocycles. The van der Waals surface area contributed by atoms with E-state index in [1.165, 1.54) is 6.07 Å². The second-order valence-electron chi connectivity index (χ2n) is 6.13. The summed E-state index contributed by atoms with van der Waals surface area (Å²) in [7, 11) is 1.90. The molecule has 0 aliphatic heterocycles. The van der Waals surface area contributed by atoms with Gasteiger partial charge in [-0.15, -0.1) is 0 Å². The second kappa shape index (κ2) is 10.4. The molecule has 0 aliphatic carbocycles. The number of hydrogen-bond donors (Lipinski definition) is 2. The Kier molecular flexibility index (Phi) is 8.62. The molecule has 0 aromatic heterocycles. The molecule has 29 heavy (non-hydrogen) atoms. The van der Waals surface area contributed by atoms with Gasteiger partial charge in [0.1, 0.15) is 17.3 Å². The van der Waals surface area contributed by atoms with Crippen molar-refractivity contribution in [3.05, 3.63) is 52.8 Å². The van der Waals surface area contributed by atoms with Gasteiger partial charge in [-0.1, -0.05) is 0 Å². The first-order valence-electron chi connectivity index (χ1n) is 8.64. The molecule has 9 heteroatoms. The molecular formula is C20H24F4N4O. The average Bonchev–Trinajstić information content (AvgIpc) is 2.64. The summed E-state index contributed by atoms with van der Waals surface area (Å²) in [6.45, 7) is 6.41. The van der Waals surface area contributed by atoms with Crippen molar-refractivity contribution in [2.75, 3.05) is 13.6 Å². The Morgan fingerprint density at radius 1 is 1.17 bits per heavy atom. The third kappa shape index (κ3) is 7.10. The molecule has 0 fully saturated rings. The first-order valence-corrected chi connectivity index (χ1v) is 8.64. The fourth-order valence-corrected chi connectivity index (χ4v) is 2.18. The highest BCUT2D eigenvalue weighted by atomic mass is 19.4. The molecule has 0 spiro atoms. The standard InChI is InChI=1S/C19H20F4N2O.CH4N2/c1-5-25(4)11-24-17-8-13(3)18(9-12(17)2)26-14-6-7-16(20)15(10-14)19(21,22)23;2-1-3/h6-11H,5H2,1-4H3;1H,(H3,2,3). The molecule has 0 atom stereocenters. The molecule has 0 aliphatic rings. The molecule has 158 valence electrons. The van der Waals surface area contributed by atoms with E-state index in [0.29, 0.717) is 17.4 Å². The molecule has 2 aromatic rings. The van der Waals surface area contributed by atoms with Crippen molar-refractivity contribution in [2.24, 2.45) is 10.7 Å². The van der Waals surface area contributed by atoms with Crippen LogP contribution in [0.3, 0.4) is 0 Å². The van der Waals surface area contributed by atoms with Crippen molar-refractivity contribution in [3.8, 4) is 11.5 Å². The maximum atomic E-state index is 13.4. The minimum Gasteiger partial charge on any atom is -0.457 e. The van der Waals surface area contributed by atoms with Gasteiger partial charge in [-0.05, 0) is 62.2 Å². The van der Waals surface area contributed by atoms with E-state index in [9.17, 15) is 17.6 Å². The zero-order valence-electron chi connectivity index (χ0n) is 16.6. The zero-order valence-corrected chi connectivity index (χ0v) is 16.6. The van der Waals surface area contributed by atoms with E-state index in [1.54, 1.807) is 25.4 Å². The van der Waals surface area contributed by atoms with Gasteiger partial charge in [-0.2, -0.15) is 13.2 Å². The number of aliphatic imine (C=N–C) groups is 1. The number of nitrogens with two attached hydrogens (primary N) is 1. The van der Waals surface area contributed by atoms with Crippen LogP contribution in [0.1, 0.15) is 23.6 Å². The van der Waals surface area contributed by atoms with Gasteiger partial charge in [0.15, 0.2) is 0 Å². The number of nitrogens with zero attached hydrogens (tertiary/aromatic N) is 2. The van der Waals surface area contributed by atoms with Crippen molar-refractivity contribution in [3.63, 3.8) is 0 Å². The Morgan fingerprint density at radius 2 is 1.79 bits per heavy atom. The minimum atomic E-state index is -4.78. The van der Waals surface area contributed by atoms with Gasteiger partial charge in [0, 0.05) is 13.6 Å². The molecular weight excluding hydrogens is 388 g/mol. The van der Waals surface area contributed by atoms with Crippen molar-refractivity contribution >= 4 is 18.4 Å². The number of benzene rings is 2. The largest absolute Gasteiger partial charge is 0.457 e.